The van der Waals surface area contributed by atoms with Gasteiger partial charge in [0.2, 0.25) is 10.0 Å². The third-order valence-electron chi connectivity index (χ3n) is 3.35. The molecule has 1 aromatic heterocycles. The molecule has 2 aromatic rings. The minimum Gasteiger partial charge on any atom is -0.358 e. The van der Waals surface area contributed by atoms with Crippen LogP contribution < -0.4 is 10.0 Å². The summed E-state index contributed by atoms with van der Waals surface area (Å²) in [7, 11) is -3.22. The maximum Gasteiger partial charge on any atom is 0.251 e. The maximum absolute atomic E-state index is 12.0. The molecular formula is C14H19N3O3S. The van der Waals surface area contributed by atoms with E-state index in [2.05, 4.69) is 15.0 Å². The molecule has 114 valence electrons. The van der Waals surface area contributed by atoms with E-state index in [1.807, 2.05) is 26.0 Å². The molecule has 0 aliphatic rings. The molecule has 0 spiro atoms. The van der Waals surface area contributed by atoms with Gasteiger partial charge in [0.15, 0.2) is 0 Å². The van der Waals surface area contributed by atoms with Crippen molar-refractivity contribution < 1.29 is 13.2 Å². The SMILES string of the molecule is Cc1[nH]c2ccc(C(=O)NCCNS(C)(=O)=O)cc2c1C. The van der Waals surface area contributed by atoms with Gasteiger partial charge < -0.3 is 10.3 Å². The summed E-state index contributed by atoms with van der Waals surface area (Å²) < 4.78 is 24.1. The molecule has 0 aliphatic carbocycles. The minimum atomic E-state index is -3.22. The van der Waals surface area contributed by atoms with Crippen LogP contribution in [0.2, 0.25) is 0 Å². The summed E-state index contributed by atoms with van der Waals surface area (Å²) in [5, 5.41) is 3.71. The smallest absolute Gasteiger partial charge is 0.251 e. The highest BCUT2D eigenvalue weighted by atomic mass is 32.2. The zero-order chi connectivity index (χ0) is 15.6. The lowest BCUT2D eigenvalue weighted by Crippen LogP contribution is -2.34. The van der Waals surface area contributed by atoms with Crippen LogP contribution in [0.3, 0.4) is 0 Å². The summed E-state index contributed by atoms with van der Waals surface area (Å²) in [6, 6.07) is 5.46. The van der Waals surface area contributed by atoms with Crippen molar-refractivity contribution in [2.24, 2.45) is 0 Å². The van der Waals surface area contributed by atoms with Crippen LogP contribution in [0.15, 0.2) is 18.2 Å². The Morgan fingerprint density at radius 1 is 1.24 bits per heavy atom. The molecule has 7 heteroatoms. The fourth-order valence-corrected chi connectivity index (χ4v) is 2.59. The summed E-state index contributed by atoms with van der Waals surface area (Å²) in [5.41, 5.74) is 3.77. The molecule has 0 atom stereocenters. The third kappa shape index (κ3) is 3.83. The first-order valence-electron chi connectivity index (χ1n) is 6.59. The Morgan fingerprint density at radius 3 is 2.62 bits per heavy atom. The first kappa shape index (κ1) is 15.5. The fraction of sp³-hybridized carbons (Fsp3) is 0.357. The number of H-pyrrole nitrogens is 1. The quantitative estimate of drug-likeness (QED) is 0.721. The van der Waals surface area contributed by atoms with Gasteiger partial charge in [-0.1, -0.05) is 0 Å². The second-order valence-electron chi connectivity index (χ2n) is 5.06. The van der Waals surface area contributed by atoms with Crippen LogP contribution in [0, 0.1) is 13.8 Å². The van der Waals surface area contributed by atoms with Crippen LogP contribution in [0.25, 0.3) is 10.9 Å². The van der Waals surface area contributed by atoms with Crippen LogP contribution in [0.1, 0.15) is 21.6 Å². The van der Waals surface area contributed by atoms with Gasteiger partial charge in [0.05, 0.1) is 6.26 Å². The highest BCUT2D eigenvalue weighted by molar-refractivity contribution is 7.88. The van der Waals surface area contributed by atoms with E-state index in [-0.39, 0.29) is 19.0 Å². The van der Waals surface area contributed by atoms with Crippen LogP contribution >= 0.6 is 0 Å². The molecule has 21 heavy (non-hydrogen) atoms. The summed E-state index contributed by atoms with van der Waals surface area (Å²) in [5.74, 6) is -0.217. The van der Waals surface area contributed by atoms with Crippen molar-refractivity contribution >= 4 is 26.8 Å². The molecule has 2 rings (SSSR count). The second-order valence-corrected chi connectivity index (χ2v) is 6.89. The molecule has 0 saturated carbocycles. The van der Waals surface area contributed by atoms with Crippen molar-refractivity contribution in [2.75, 3.05) is 19.3 Å². The number of aromatic amines is 1. The number of rotatable bonds is 5. The molecule has 0 unspecified atom stereocenters. The van der Waals surface area contributed by atoms with Gasteiger partial charge in [0.25, 0.3) is 5.91 Å². The number of amides is 1. The van der Waals surface area contributed by atoms with E-state index in [4.69, 9.17) is 0 Å². The van der Waals surface area contributed by atoms with Crippen LogP contribution in [0.5, 0.6) is 0 Å². The van der Waals surface area contributed by atoms with E-state index in [1.165, 1.54) is 0 Å². The Kier molecular flexibility index (Phi) is 4.34. The van der Waals surface area contributed by atoms with E-state index >= 15 is 0 Å². The number of carbonyl (C=O) groups excluding carboxylic acids is 1. The molecule has 1 heterocycles. The number of sulfonamides is 1. The number of nitrogens with one attached hydrogen (secondary N) is 3. The van der Waals surface area contributed by atoms with Crippen molar-refractivity contribution in [3.63, 3.8) is 0 Å². The number of hydrogen-bond donors (Lipinski definition) is 3. The normalized spacial score (nSPS) is 11.8. The molecule has 1 amide bonds. The van der Waals surface area contributed by atoms with Gasteiger partial charge >= 0.3 is 0 Å². The topological polar surface area (TPSA) is 91.1 Å². The number of fused-ring (bicyclic) bond motifs is 1. The van der Waals surface area contributed by atoms with Crippen molar-refractivity contribution in [1.29, 1.82) is 0 Å². The van der Waals surface area contributed by atoms with Gasteiger partial charge in [-0.25, -0.2) is 13.1 Å². The van der Waals surface area contributed by atoms with E-state index < -0.39 is 10.0 Å². The molecule has 0 aliphatic heterocycles. The highest BCUT2D eigenvalue weighted by Crippen LogP contribution is 2.22. The number of carbonyl (C=O) groups is 1. The van der Waals surface area contributed by atoms with E-state index in [0.717, 1.165) is 28.4 Å². The van der Waals surface area contributed by atoms with Crippen LogP contribution in [0.4, 0.5) is 0 Å². The Balaban J connectivity index is 2.04. The molecule has 6 nitrogen and oxygen atoms in total. The average molecular weight is 309 g/mol. The molecule has 0 fully saturated rings. The first-order chi connectivity index (χ1) is 9.78. The van der Waals surface area contributed by atoms with Crippen molar-refractivity contribution in [3.05, 3.63) is 35.0 Å². The van der Waals surface area contributed by atoms with E-state index in [9.17, 15) is 13.2 Å². The predicted octanol–water partition coefficient (Wildman–Crippen LogP) is 1.06. The van der Waals surface area contributed by atoms with Crippen molar-refractivity contribution in [1.82, 2.24) is 15.0 Å². The Bertz CT molecular complexity index is 778. The monoisotopic (exact) mass is 309 g/mol. The average Bonchev–Trinajstić information content (AvgIpc) is 2.69. The molecule has 0 saturated heterocycles. The molecule has 0 radical (unpaired) electrons. The molecule has 1 aromatic carbocycles. The van der Waals surface area contributed by atoms with Gasteiger partial charge in [0, 0.05) is 35.2 Å². The number of hydrogen-bond acceptors (Lipinski definition) is 3. The highest BCUT2D eigenvalue weighted by Gasteiger charge is 2.09. The maximum atomic E-state index is 12.0. The predicted molar refractivity (Wildman–Crippen MR) is 83.0 cm³/mol. The minimum absolute atomic E-state index is 0.176. The standard InChI is InChI=1S/C14H19N3O3S/c1-9-10(2)17-13-5-4-11(8-12(9)13)14(18)15-6-7-16-21(3,19)20/h4-5,8,16-17H,6-7H2,1-3H3,(H,15,18). The van der Waals surface area contributed by atoms with Crippen molar-refractivity contribution in [2.45, 2.75) is 13.8 Å². The zero-order valence-corrected chi connectivity index (χ0v) is 13.1. The number of benzene rings is 1. The van der Waals surface area contributed by atoms with Gasteiger partial charge in [-0.3, -0.25) is 4.79 Å². The zero-order valence-electron chi connectivity index (χ0n) is 12.3. The summed E-state index contributed by atoms with van der Waals surface area (Å²) in [6.07, 6.45) is 1.08. The lowest BCUT2D eigenvalue weighted by atomic mass is 10.1. The number of aromatic nitrogens is 1. The lowest BCUT2D eigenvalue weighted by molar-refractivity contribution is 0.0954. The van der Waals surface area contributed by atoms with Gasteiger partial charge in [-0.15, -0.1) is 0 Å². The van der Waals surface area contributed by atoms with E-state index in [1.54, 1.807) is 6.07 Å². The van der Waals surface area contributed by atoms with Gasteiger partial charge in [0.1, 0.15) is 0 Å². The molecule has 3 N–H and O–H groups in total. The second kappa shape index (κ2) is 5.87. The van der Waals surface area contributed by atoms with E-state index in [0.29, 0.717) is 5.56 Å². The van der Waals surface area contributed by atoms with Crippen LogP contribution in [-0.2, 0) is 10.0 Å². The summed E-state index contributed by atoms with van der Waals surface area (Å²) in [4.78, 5) is 15.3. The molecular weight excluding hydrogens is 290 g/mol. The molecule has 0 bridgehead atoms. The number of aryl methyl sites for hydroxylation is 2. The Labute approximate surface area is 124 Å². The lowest BCUT2D eigenvalue weighted by Gasteiger charge is -2.06. The first-order valence-corrected chi connectivity index (χ1v) is 8.49. The summed E-state index contributed by atoms with van der Waals surface area (Å²) in [6.45, 7) is 4.42. The van der Waals surface area contributed by atoms with Crippen molar-refractivity contribution in [3.8, 4) is 0 Å². The fourth-order valence-electron chi connectivity index (χ4n) is 2.12. The largest absolute Gasteiger partial charge is 0.358 e. The Hall–Kier alpha value is -1.86. The van der Waals surface area contributed by atoms with Crippen LogP contribution in [-0.4, -0.2) is 38.7 Å². The summed E-state index contributed by atoms with van der Waals surface area (Å²) >= 11 is 0. The van der Waals surface area contributed by atoms with Gasteiger partial charge in [-0.2, -0.15) is 0 Å². The third-order valence-corrected chi connectivity index (χ3v) is 4.07. The van der Waals surface area contributed by atoms with Gasteiger partial charge in [-0.05, 0) is 37.6 Å². The Morgan fingerprint density at radius 2 is 1.95 bits per heavy atom.